The summed E-state index contributed by atoms with van der Waals surface area (Å²) in [6, 6.07) is 5.25. The highest BCUT2D eigenvalue weighted by Crippen LogP contribution is 2.06. The second-order valence-electron chi connectivity index (χ2n) is 4.03. The predicted octanol–water partition coefficient (Wildman–Crippen LogP) is 0.413. The van der Waals surface area contributed by atoms with Crippen molar-refractivity contribution >= 4 is 12.0 Å². The molecule has 2 amide bonds. The monoisotopic (exact) mass is 270 g/mol. The molecule has 0 spiro atoms. The van der Waals surface area contributed by atoms with E-state index in [0.29, 0.717) is 5.56 Å². The van der Waals surface area contributed by atoms with E-state index in [1.165, 1.54) is 30.1 Å². The second kappa shape index (κ2) is 6.69. The van der Waals surface area contributed by atoms with E-state index in [1.54, 1.807) is 6.07 Å². The van der Waals surface area contributed by atoms with Crippen LogP contribution in [0.25, 0.3) is 0 Å². The van der Waals surface area contributed by atoms with E-state index in [1.807, 2.05) is 0 Å². The standard InChI is InChI=1S/C12H15FN2O4/c1-15(7-8-3-2-4-9(13)5-8)12(19)14-6-10(16)11(17)18/h2-5,10,16H,6-7H2,1H3,(H,14,19)(H,17,18). The number of amides is 2. The average molecular weight is 270 g/mol. The Morgan fingerprint density at radius 1 is 1.47 bits per heavy atom. The SMILES string of the molecule is CN(Cc1cccc(F)c1)C(=O)NCC(O)C(=O)O. The van der Waals surface area contributed by atoms with Crippen molar-refractivity contribution in [2.45, 2.75) is 12.6 Å². The van der Waals surface area contributed by atoms with E-state index in [4.69, 9.17) is 10.2 Å². The first kappa shape index (κ1) is 14.9. The van der Waals surface area contributed by atoms with Crippen molar-refractivity contribution < 1.29 is 24.2 Å². The summed E-state index contributed by atoms with van der Waals surface area (Å²) in [4.78, 5) is 23.2. The van der Waals surface area contributed by atoms with Crippen LogP contribution in [0.4, 0.5) is 9.18 Å². The Morgan fingerprint density at radius 3 is 2.74 bits per heavy atom. The number of carbonyl (C=O) groups excluding carboxylic acids is 1. The minimum absolute atomic E-state index is 0.173. The number of hydrogen-bond acceptors (Lipinski definition) is 3. The van der Waals surface area contributed by atoms with Gasteiger partial charge in [-0.1, -0.05) is 12.1 Å². The van der Waals surface area contributed by atoms with Gasteiger partial charge in [-0.3, -0.25) is 0 Å². The average Bonchev–Trinajstić information content (AvgIpc) is 2.35. The summed E-state index contributed by atoms with van der Waals surface area (Å²) in [5.74, 6) is -1.80. The molecule has 7 heteroatoms. The number of hydrogen-bond donors (Lipinski definition) is 3. The molecule has 19 heavy (non-hydrogen) atoms. The van der Waals surface area contributed by atoms with Crippen LogP contribution in [0.15, 0.2) is 24.3 Å². The van der Waals surface area contributed by atoms with Gasteiger partial charge in [-0.2, -0.15) is 0 Å². The zero-order chi connectivity index (χ0) is 14.4. The van der Waals surface area contributed by atoms with Crippen LogP contribution in [-0.2, 0) is 11.3 Å². The Hall–Kier alpha value is -2.15. The van der Waals surface area contributed by atoms with Gasteiger partial charge in [0.15, 0.2) is 6.10 Å². The number of carbonyl (C=O) groups is 2. The van der Waals surface area contributed by atoms with Crippen LogP contribution in [-0.4, -0.2) is 46.8 Å². The summed E-state index contributed by atoms with van der Waals surface area (Å²) in [5.41, 5.74) is 0.608. The molecule has 3 N–H and O–H groups in total. The first-order valence-corrected chi connectivity index (χ1v) is 5.54. The number of carboxylic acids is 1. The summed E-state index contributed by atoms with van der Waals surface area (Å²) >= 11 is 0. The lowest BCUT2D eigenvalue weighted by atomic mass is 10.2. The Balaban J connectivity index is 2.47. The fourth-order valence-corrected chi connectivity index (χ4v) is 1.39. The molecule has 0 aliphatic carbocycles. The molecule has 0 heterocycles. The summed E-state index contributed by atoms with van der Waals surface area (Å²) in [5, 5.41) is 19.7. The van der Waals surface area contributed by atoms with Crippen molar-refractivity contribution in [2.24, 2.45) is 0 Å². The Morgan fingerprint density at radius 2 is 2.16 bits per heavy atom. The molecule has 0 saturated heterocycles. The van der Waals surface area contributed by atoms with E-state index in [2.05, 4.69) is 5.32 Å². The van der Waals surface area contributed by atoms with Gasteiger partial charge in [0.25, 0.3) is 0 Å². The molecule has 0 aliphatic rings. The quantitative estimate of drug-likeness (QED) is 0.723. The van der Waals surface area contributed by atoms with Gasteiger partial charge < -0.3 is 20.4 Å². The number of urea groups is 1. The highest BCUT2D eigenvalue weighted by Gasteiger charge is 2.16. The molecule has 0 aromatic heterocycles. The molecule has 1 aromatic rings. The minimum Gasteiger partial charge on any atom is -0.479 e. The molecule has 1 aromatic carbocycles. The summed E-state index contributed by atoms with van der Waals surface area (Å²) < 4.78 is 12.9. The Bertz CT molecular complexity index is 467. The van der Waals surface area contributed by atoms with Crippen molar-refractivity contribution in [2.75, 3.05) is 13.6 Å². The lowest BCUT2D eigenvalue weighted by molar-refractivity contribution is -0.146. The zero-order valence-corrected chi connectivity index (χ0v) is 10.3. The van der Waals surface area contributed by atoms with Gasteiger partial charge in [0, 0.05) is 13.6 Å². The molecule has 0 aliphatic heterocycles. The number of aliphatic hydroxyl groups is 1. The van der Waals surface area contributed by atoms with Crippen LogP contribution in [0.1, 0.15) is 5.56 Å². The zero-order valence-electron chi connectivity index (χ0n) is 10.3. The number of nitrogens with one attached hydrogen (secondary N) is 1. The van der Waals surface area contributed by atoms with Gasteiger partial charge >= 0.3 is 12.0 Å². The van der Waals surface area contributed by atoms with Crippen molar-refractivity contribution in [1.29, 1.82) is 0 Å². The predicted molar refractivity (Wildman–Crippen MR) is 64.9 cm³/mol. The van der Waals surface area contributed by atoms with E-state index in [0.717, 1.165) is 0 Å². The molecule has 0 bridgehead atoms. The van der Waals surface area contributed by atoms with Crippen molar-refractivity contribution in [1.82, 2.24) is 10.2 Å². The van der Waals surface area contributed by atoms with Gasteiger partial charge in [-0.15, -0.1) is 0 Å². The molecule has 104 valence electrons. The van der Waals surface area contributed by atoms with Crippen LogP contribution in [0, 0.1) is 5.82 Å². The molecule has 6 nitrogen and oxygen atoms in total. The second-order valence-corrected chi connectivity index (χ2v) is 4.03. The minimum atomic E-state index is -1.65. The van der Waals surface area contributed by atoms with Gasteiger partial charge in [-0.25, -0.2) is 14.0 Å². The van der Waals surface area contributed by atoms with E-state index in [-0.39, 0.29) is 13.1 Å². The summed E-state index contributed by atoms with van der Waals surface area (Å²) in [6.07, 6.45) is -1.65. The topological polar surface area (TPSA) is 89.9 Å². The molecular weight excluding hydrogens is 255 g/mol. The normalized spacial score (nSPS) is 11.7. The number of aliphatic hydroxyl groups excluding tert-OH is 1. The number of rotatable bonds is 5. The number of carboxylic acid groups (broad SMARTS) is 1. The van der Waals surface area contributed by atoms with Gasteiger partial charge in [0.1, 0.15) is 5.82 Å². The number of nitrogens with zero attached hydrogens (tertiary/aromatic N) is 1. The largest absolute Gasteiger partial charge is 0.479 e. The van der Waals surface area contributed by atoms with Crippen LogP contribution in [0.2, 0.25) is 0 Å². The van der Waals surface area contributed by atoms with Crippen molar-refractivity contribution in [3.05, 3.63) is 35.6 Å². The fraction of sp³-hybridized carbons (Fsp3) is 0.333. The smallest absolute Gasteiger partial charge is 0.334 e. The maximum absolute atomic E-state index is 12.9. The van der Waals surface area contributed by atoms with E-state index < -0.39 is 23.9 Å². The van der Waals surface area contributed by atoms with Gasteiger partial charge in [-0.05, 0) is 17.7 Å². The third-order valence-corrected chi connectivity index (χ3v) is 2.39. The first-order valence-electron chi connectivity index (χ1n) is 5.54. The number of halogens is 1. The molecule has 1 atom stereocenters. The maximum atomic E-state index is 12.9. The maximum Gasteiger partial charge on any atom is 0.334 e. The van der Waals surface area contributed by atoms with Crippen LogP contribution >= 0.6 is 0 Å². The van der Waals surface area contributed by atoms with Crippen LogP contribution in [0.3, 0.4) is 0 Å². The number of benzene rings is 1. The summed E-state index contributed by atoms with van der Waals surface area (Å²) in [6.45, 7) is -0.214. The lowest BCUT2D eigenvalue weighted by Crippen LogP contribution is -2.42. The van der Waals surface area contributed by atoms with Gasteiger partial charge in [0.2, 0.25) is 0 Å². The highest BCUT2D eigenvalue weighted by atomic mass is 19.1. The van der Waals surface area contributed by atoms with Crippen LogP contribution < -0.4 is 5.32 Å². The van der Waals surface area contributed by atoms with Crippen LogP contribution in [0.5, 0.6) is 0 Å². The van der Waals surface area contributed by atoms with E-state index in [9.17, 15) is 14.0 Å². The molecule has 0 saturated carbocycles. The lowest BCUT2D eigenvalue weighted by Gasteiger charge is -2.18. The summed E-state index contributed by atoms with van der Waals surface area (Å²) in [7, 11) is 1.48. The molecule has 1 rings (SSSR count). The Labute approximate surface area is 109 Å². The molecule has 0 radical (unpaired) electrons. The first-order chi connectivity index (χ1) is 8.90. The third-order valence-electron chi connectivity index (χ3n) is 2.39. The molecule has 0 fully saturated rings. The fourth-order valence-electron chi connectivity index (χ4n) is 1.39. The molecular formula is C12H15FN2O4. The van der Waals surface area contributed by atoms with E-state index >= 15 is 0 Å². The highest BCUT2D eigenvalue weighted by molar-refractivity contribution is 5.76. The molecule has 1 unspecified atom stereocenters. The van der Waals surface area contributed by atoms with Crippen molar-refractivity contribution in [3.8, 4) is 0 Å². The van der Waals surface area contributed by atoms with Gasteiger partial charge in [0.05, 0.1) is 6.54 Å². The Kier molecular flexibility index (Phi) is 5.25. The van der Waals surface area contributed by atoms with Crippen molar-refractivity contribution in [3.63, 3.8) is 0 Å². The number of aliphatic carboxylic acids is 1. The third kappa shape index (κ3) is 4.92.